The standard InChI is InChI=1S/C23H26ClN3O2S2/c1-17-5-7-18(8-6-17)30-16-9-21(28)27(11-10-26-12-14-29-15-13-26)23-25-22-19(24)3-2-4-20(22)31-23/h2-8H,9-16H2,1H3. The van der Waals surface area contributed by atoms with Gasteiger partial charge in [0.1, 0.15) is 5.52 Å². The van der Waals surface area contributed by atoms with Crippen molar-refractivity contribution in [1.29, 1.82) is 0 Å². The molecule has 0 N–H and O–H groups in total. The van der Waals surface area contributed by atoms with Gasteiger partial charge in [-0.25, -0.2) is 4.98 Å². The highest BCUT2D eigenvalue weighted by molar-refractivity contribution is 7.99. The monoisotopic (exact) mass is 475 g/mol. The van der Waals surface area contributed by atoms with E-state index >= 15 is 0 Å². The van der Waals surface area contributed by atoms with Crippen LogP contribution in [0.15, 0.2) is 47.4 Å². The third-order valence-electron chi connectivity index (χ3n) is 5.24. The zero-order chi connectivity index (χ0) is 21.6. The number of ether oxygens (including phenoxy) is 1. The smallest absolute Gasteiger partial charge is 0.229 e. The fourth-order valence-corrected chi connectivity index (χ4v) is 5.59. The first-order valence-corrected chi connectivity index (χ1v) is 12.6. The number of fused-ring (bicyclic) bond motifs is 1. The second-order valence-corrected chi connectivity index (χ2v) is 10.1. The number of amides is 1. The van der Waals surface area contributed by atoms with Gasteiger partial charge in [0.2, 0.25) is 5.91 Å². The average molecular weight is 476 g/mol. The predicted molar refractivity (Wildman–Crippen MR) is 131 cm³/mol. The molecule has 0 radical (unpaired) electrons. The molecule has 0 atom stereocenters. The molecular formula is C23H26ClN3O2S2. The molecule has 0 unspecified atom stereocenters. The van der Waals surface area contributed by atoms with Gasteiger partial charge >= 0.3 is 0 Å². The van der Waals surface area contributed by atoms with Crippen LogP contribution in [0.2, 0.25) is 5.02 Å². The van der Waals surface area contributed by atoms with Crippen LogP contribution >= 0.6 is 34.7 Å². The normalized spacial score (nSPS) is 14.8. The van der Waals surface area contributed by atoms with Crippen molar-refractivity contribution >= 4 is 56.0 Å². The molecule has 1 aliphatic rings. The van der Waals surface area contributed by atoms with Gasteiger partial charge in [0, 0.05) is 43.2 Å². The first-order chi connectivity index (χ1) is 15.1. The van der Waals surface area contributed by atoms with E-state index in [1.54, 1.807) is 11.8 Å². The van der Waals surface area contributed by atoms with E-state index in [1.165, 1.54) is 21.8 Å². The number of aromatic nitrogens is 1. The SMILES string of the molecule is Cc1ccc(SCCC(=O)N(CCN2CCOCC2)c2nc3c(Cl)cccc3s2)cc1. The molecule has 2 aromatic carbocycles. The van der Waals surface area contributed by atoms with Crippen LogP contribution in [-0.2, 0) is 9.53 Å². The van der Waals surface area contributed by atoms with Crippen molar-refractivity contribution in [1.82, 2.24) is 9.88 Å². The number of benzene rings is 2. The van der Waals surface area contributed by atoms with E-state index < -0.39 is 0 Å². The summed E-state index contributed by atoms with van der Waals surface area (Å²) in [5, 5.41) is 1.34. The molecule has 3 aromatic rings. The van der Waals surface area contributed by atoms with E-state index in [0.29, 0.717) is 18.0 Å². The molecule has 0 bridgehead atoms. The number of aryl methyl sites for hydroxylation is 1. The Kier molecular flexibility index (Phi) is 7.85. The molecule has 0 spiro atoms. The molecule has 2 heterocycles. The lowest BCUT2D eigenvalue weighted by atomic mass is 10.2. The second kappa shape index (κ2) is 10.8. The number of rotatable bonds is 8. The molecule has 4 rings (SSSR count). The van der Waals surface area contributed by atoms with Gasteiger partial charge in [0.05, 0.1) is 22.9 Å². The molecule has 0 saturated carbocycles. The fourth-order valence-electron chi connectivity index (χ4n) is 3.44. The van der Waals surface area contributed by atoms with Gasteiger partial charge < -0.3 is 4.74 Å². The third kappa shape index (κ3) is 5.99. The molecule has 1 saturated heterocycles. The molecule has 0 aliphatic carbocycles. The van der Waals surface area contributed by atoms with Gasteiger partial charge in [-0.15, -0.1) is 11.8 Å². The summed E-state index contributed by atoms with van der Waals surface area (Å²) in [5.74, 6) is 0.838. The Morgan fingerprint density at radius 1 is 1.23 bits per heavy atom. The van der Waals surface area contributed by atoms with Gasteiger partial charge in [0.25, 0.3) is 0 Å². The van der Waals surface area contributed by atoms with E-state index in [4.69, 9.17) is 21.3 Å². The van der Waals surface area contributed by atoms with Gasteiger partial charge in [-0.3, -0.25) is 14.6 Å². The molecular weight excluding hydrogens is 450 g/mol. The maximum atomic E-state index is 13.2. The molecule has 164 valence electrons. The number of anilines is 1. The minimum Gasteiger partial charge on any atom is -0.379 e. The number of hydrogen-bond acceptors (Lipinski definition) is 6. The molecule has 31 heavy (non-hydrogen) atoms. The van der Waals surface area contributed by atoms with Crippen LogP contribution in [0.1, 0.15) is 12.0 Å². The van der Waals surface area contributed by atoms with Crippen LogP contribution < -0.4 is 4.90 Å². The topological polar surface area (TPSA) is 45.7 Å². The summed E-state index contributed by atoms with van der Waals surface area (Å²) in [4.78, 5) is 23.3. The predicted octanol–water partition coefficient (Wildman–Crippen LogP) is 5.11. The van der Waals surface area contributed by atoms with Crippen molar-refractivity contribution in [3.8, 4) is 0 Å². The molecule has 5 nitrogen and oxygen atoms in total. The Hall–Kier alpha value is -1.64. The lowest BCUT2D eigenvalue weighted by Gasteiger charge is -2.29. The summed E-state index contributed by atoms with van der Waals surface area (Å²) in [6.45, 7) is 6.80. The van der Waals surface area contributed by atoms with Gasteiger partial charge in [-0.1, -0.05) is 46.7 Å². The Morgan fingerprint density at radius 3 is 2.74 bits per heavy atom. The van der Waals surface area contributed by atoms with Crippen LogP contribution in [0.25, 0.3) is 10.2 Å². The summed E-state index contributed by atoms with van der Waals surface area (Å²) >= 11 is 9.57. The van der Waals surface area contributed by atoms with Crippen molar-refractivity contribution < 1.29 is 9.53 Å². The molecule has 1 aromatic heterocycles. The van der Waals surface area contributed by atoms with Gasteiger partial charge in [0.15, 0.2) is 5.13 Å². The van der Waals surface area contributed by atoms with Gasteiger partial charge in [-0.2, -0.15) is 0 Å². The lowest BCUT2D eigenvalue weighted by molar-refractivity contribution is -0.118. The van der Waals surface area contributed by atoms with Crippen molar-refractivity contribution in [2.75, 3.05) is 50.0 Å². The third-order valence-corrected chi connectivity index (χ3v) is 7.60. The number of para-hydroxylation sites is 1. The molecule has 8 heteroatoms. The summed E-state index contributed by atoms with van der Waals surface area (Å²) in [6, 6.07) is 14.2. The zero-order valence-electron chi connectivity index (χ0n) is 17.6. The van der Waals surface area contributed by atoms with E-state index in [2.05, 4.69) is 36.1 Å². The van der Waals surface area contributed by atoms with Gasteiger partial charge in [-0.05, 0) is 31.2 Å². The fraction of sp³-hybridized carbons (Fsp3) is 0.391. The first kappa shape index (κ1) is 22.6. The first-order valence-electron chi connectivity index (χ1n) is 10.4. The van der Waals surface area contributed by atoms with E-state index in [1.807, 2.05) is 23.1 Å². The van der Waals surface area contributed by atoms with Crippen molar-refractivity contribution in [2.45, 2.75) is 18.2 Å². The number of halogens is 1. The minimum atomic E-state index is 0.100. The van der Waals surface area contributed by atoms with Crippen LogP contribution in [0.3, 0.4) is 0 Å². The molecule has 1 aliphatic heterocycles. The number of thioether (sulfide) groups is 1. The maximum Gasteiger partial charge on any atom is 0.229 e. The Morgan fingerprint density at radius 2 is 2.00 bits per heavy atom. The number of morpholine rings is 1. The summed E-state index contributed by atoms with van der Waals surface area (Å²) in [5.41, 5.74) is 2.01. The number of nitrogens with zero attached hydrogens (tertiary/aromatic N) is 3. The molecule has 1 fully saturated rings. The van der Waals surface area contributed by atoms with Crippen LogP contribution in [0.4, 0.5) is 5.13 Å². The highest BCUT2D eigenvalue weighted by atomic mass is 35.5. The zero-order valence-corrected chi connectivity index (χ0v) is 19.9. The van der Waals surface area contributed by atoms with Crippen molar-refractivity contribution in [2.24, 2.45) is 0 Å². The molecule has 1 amide bonds. The Labute approximate surface area is 196 Å². The summed E-state index contributed by atoms with van der Waals surface area (Å²) in [7, 11) is 0. The quantitative estimate of drug-likeness (QED) is 0.424. The number of carbonyl (C=O) groups is 1. The maximum absolute atomic E-state index is 13.2. The van der Waals surface area contributed by atoms with E-state index in [-0.39, 0.29) is 5.91 Å². The summed E-state index contributed by atoms with van der Waals surface area (Å²) in [6.07, 6.45) is 0.464. The highest BCUT2D eigenvalue weighted by Gasteiger charge is 2.22. The number of thiazole rings is 1. The summed E-state index contributed by atoms with van der Waals surface area (Å²) < 4.78 is 6.44. The lowest BCUT2D eigenvalue weighted by Crippen LogP contribution is -2.43. The number of carbonyl (C=O) groups excluding carboxylic acids is 1. The van der Waals surface area contributed by atoms with Crippen molar-refractivity contribution in [3.05, 3.63) is 53.1 Å². The largest absolute Gasteiger partial charge is 0.379 e. The van der Waals surface area contributed by atoms with Crippen LogP contribution in [0, 0.1) is 6.92 Å². The van der Waals surface area contributed by atoms with Crippen LogP contribution in [-0.4, -0.2) is 60.9 Å². The second-order valence-electron chi connectivity index (χ2n) is 7.49. The number of hydrogen-bond donors (Lipinski definition) is 0. The Bertz CT molecular complexity index is 1020. The van der Waals surface area contributed by atoms with Crippen molar-refractivity contribution in [3.63, 3.8) is 0 Å². The highest BCUT2D eigenvalue weighted by Crippen LogP contribution is 2.33. The van der Waals surface area contributed by atoms with E-state index in [9.17, 15) is 4.79 Å². The average Bonchev–Trinajstić information content (AvgIpc) is 3.21. The van der Waals surface area contributed by atoms with E-state index in [0.717, 1.165) is 53.9 Å². The van der Waals surface area contributed by atoms with Crippen LogP contribution in [0.5, 0.6) is 0 Å². The minimum absolute atomic E-state index is 0.100. The Balaban J connectivity index is 1.45.